The number of rotatable bonds is 15. The fourth-order valence-electron chi connectivity index (χ4n) is 5.09. The van der Waals surface area contributed by atoms with Crippen LogP contribution in [-0.2, 0) is 41.7 Å². The van der Waals surface area contributed by atoms with Crippen LogP contribution in [0.15, 0.2) is 24.3 Å². The zero-order chi connectivity index (χ0) is 35.6. The van der Waals surface area contributed by atoms with Crippen LogP contribution >= 0.6 is 0 Å². The lowest BCUT2D eigenvalue weighted by Gasteiger charge is -2.32. The molecule has 8 N–H and O–H groups in total. The van der Waals surface area contributed by atoms with Crippen LogP contribution in [0.25, 0.3) is 0 Å². The molecule has 0 unspecified atom stereocenters. The van der Waals surface area contributed by atoms with Gasteiger partial charge in [-0.2, -0.15) is 0 Å². The van der Waals surface area contributed by atoms with E-state index in [2.05, 4.69) is 16.2 Å². The average molecular weight is 679 g/mol. The molecule has 0 spiro atoms. The first kappa shape index (κ1) is 40.0. The molecule has 17 nitrogen and oxygen atoms in total. The highest BCUT2D eigenvalue weighted by Gasteiger charge is 2.21. The first-order valence-electron chi connectivity index (χ1n) is 15.9. The maximum absolute atomic E-state index is 12.9. The van der Waals surface area contributed by atoms with Crippen molar-refractivity contribution in [3.8, 4) is 0 Å². The number of carbonyl (C=O) groups is 6. The zero-order valence-electron chi connectivity index (χ0n) is 27.7. The van der Waals surface area contributed by atoms with Crippen molar-refractivity contribution in [1.82, 2.24) is 35.8 Å². The van der Waals surface area contributed by atoms with E-state index in [1.54, 1.807) is 39.0 Å². The summed E-state index contributed by atoms with van der Waals surface area (Å²) in [7, 11) is 0. The van der Waals surface area contributed by atoms with Crippen molar-refractivity contribution in [3.63, 3.8) is 0 Å². The van der Waals surface area contributed by atoms with E-state index in [4.69, 9.17) is 5.73 Å². The van der Waals surface area contributed by atoms with Crippen LogP contribution in [0.5, 0.6) is 0 Å². The van der Waals surface area contributed by atoms with Gasteiger partial charge < -0.3 is 26.4 Å². The Morgan fingerprint density at radius 1 is 0.646 bits per heavy atom. The third kappa shape index (κ3) is 17.1. The fourth-order valence-corrected chi connectivity index (χ4v) is 5.09. The van der Waals surface area contributed by atoms with Crippen molar-refractivity contribution >= 4 is 35.6 Å². The molecule has 0 saturated carbocycles. The van der Waals surface area contributed by atoms with Crippen LogP contribution in [0.3, 0.4) is 0 Å². The number of nitrogens with two attached hydrogens (primary N) is 1. The number of hydrogen-bond donors (Lipinski definition) is 7. The average Bonchev–Trinajstić information content (AvgIpc) is 2.99. The number of hydrogen-bond acceptors (Lipinski definition) is 11. The Kier molecular flexibility index (Phi) is 17.5. The second-order valence-electron chi connectivity index (χ2n) is 12.3. The highest BCUT2D eigenvalue weighted by Crippen LogP contribution is 2.07. The molecule has 48 heavy (non-hydrogen) atoms. The highest BCUT2D eigenvalue weighted by atomic mass is 16.4. The largest absolute Gasteiger partial charge is 0.480 e. The van der Waals surface area contributed by atoms with Gasteiger partial charge in [-0.1, -0.05) is 38.1 Å². The summed E-state index contributed by atoms with van der Waals surface area (Å²) in [6.45, 7) is 5.81. The van der Waals surface area contributed by atoms with E-state index in [9.17, 15) is 44.1 Å². The molecule has 17 heteroatoms. The van der Waals surface area contributed by atoms with Crippen LogP contribution in [0.1, 0.15) is 31.4 Å². The minimum Gasteiger partial charge on any atom is -0.480 e. The monoisotopic (exact) mass is 678 g/mol. The van der Waals surface area contributed by atoms with E-state index in [1.807, 2.05) is 18.7 Å². The quantitative estimate of drug-likeness (QED) is 0.0979. The highest BCUT2D eigenvalue weighted by molar-refractivity contribution is 5.85. The Hall–Kier alpha value is -4.16. The summed E-state index contributed by atoms with van der Waals surface area (Å²) in [6.07, 6.45) is 0.516. The summed E-state index contributed by atoms with van der Waals surface area (Å²) in [4.78, 5) is 78.4. The zero-order valence-corrected chi connectivity index (χ0v) is 27.7. The standard InChI is InChI=1S/C31H50N8O9/c1-22(2)15-25(32)31(48)35-34-26(40)16-23-3-5-24(6-4-23)17-33-27(41)18-36-7-9-37(19-28(42)43)11-13-39(21-30(46)47)14-12-38(10-8-36)20-29(44)45/h3-6,22,25H,7-21,32H2,1-2H3,(H,33,41)(H,34,40)(H,35,48)(H,42,43)(H,44,45)(H,46,47)/t25-/m1/s1. The predicted molar refractivity (Wildman–Crippen MR) is 174 cm³/mol. The van der Waals surface area contributed by atoms with Gasteiger partial charge in [0.25, 0.3) is 5.91 Å². The van der Waals surface area contributed by atoms with Crippen molar-refractivity contribution in [2.45, 2.75) is 39.3 Å². The van der Waals surface area contributed by atoms with Gasteiger partial charge in [-0.15, -0.1) is 0 Å². The molecule has 1 saturated heterocycles. The lowest BCUT2D eigenvalue weighted by molar-refractivity contribution is -0.140. The number of carboxylic acid groups (broad SMARTS) is 3. The van der Waals surface area contributed by atoms with Gasteiger partial charge >= 0.3 is 17.9 Å². The molecule has 2 rings (SSSR count). The molecular formula is C31H50N8O9. The lowest BCUT2D eigenvalue weighted by Crippen LogP contribution is -2.50. The molecule has 0 aromatic heterocycles. The van der Waals surface area contributed by atoms with Gasteiger partial charge in [-0.05, 0) is 23.5 Å². The molecule has 0 aliphatic carbocycles. The van der Waals surface area contributed by atoms with Gasteiger partial charge in [-0.3, -0.25) is 59.2 Å². The number of aliphatic carboxylic acids is 3. The molecule has 1 fully saturated rings. The van der Waals surface area contributed by atoms with E-state index in [0.717, 1.165) is 5.56 Å². The topological polar surface area (TPSA) is 238 Å². The Morgan fingerprint density at radius 2 is 1.04 bits per heavy atom. The molecule has 1 aliphatic heterocycles. The molecule has 1 aromatic carbocycles. The first-order valence-corrected chi connectivity index (χ1v) is 15.9. The molecule has 1 atom stereocenters. The summed E-state index contributed by atoms with van der Waals surface area (Å²) in [5.41, 5.74) is 12.0. The van der Waals surface area contributed by atoms with Gasteiger partial charge in [-0.25, -0.2) is 0 Å². The number of benzene rings is 1. The van der Waals surface area contributed by atoms with Gasteiger partial charge in [0.05, 0.1) is 38.6 Å². The van der Waals surface area contributed by atoms with Crippen LogP contribution in [-0.4, -0.2) is 155 Å². The maximum atomic E-state index is 12.9. The smallest absolute Gasteiger partial charge is 0.317 e. The number of amides is 3. The van der Waals surface area contributed by atoms with E-state index in [0.29, 0.717) is 38.2 Å². The SMILES string of the molecule is CC(C)C[C@@H](N)C(=O)NNC(=O)Cc1ccc(CNC(=O)CN2CCN(CC(=O)O)CCN(CC(=O)O)CCN(CC(=O)O)CC2)cc1. The number of carbonyl (C=O) groups excluding carboxylic acids is 3. The molecule has 0 radical (unpaired) electrons. The molecule has 0 bridgehead atoms. The third-order valence-electron chi connectivity index (χ3n) is 7.64. The predicted octanol–water partition coefficient (Wildman–Crippen LogP) is -2.16. The van der Waals surface area contributed by atoms with Crippen LogP contribution < -0.4 is 21.9 Å². The molecular weight excluding hydrogens is 628 g/mol. The summed E-state index contributed by atoms with van der Waals surface area (Å²) in [6, 6.07) is 6.32. The number of carboxylic acids is 3. The van der Waals surface area contributed by atoms with E-state index in [-0.39, 0.29) is 77.1 Å². The molecule has 1 heterocycles. The van der Waals surface area contributed by atoms with E-state index < -0.39 is 35.8 Å². The summed E-state index contributed by atoms with van der Waals surface area (Å²) >= 11 is 0. The minimum atomic E-state index is -1.03. The first-order chi connectivity index (χ1) is 22.7. The summed E-state index contributed by atoms with van der Waals surface area (Å²) in [5.74, 6) is -3.99. The van der Waals surface area contributed by atoms with Crippen molar-refractivity contribution in [2.24, 2.45) is 11.7 Å². The Bertz CT molecular complexity index is 1200. The van der Waals surface area contributed by atoms with Crippen LogP contribution in [0, 0.1) is 5.92 Å². The maximum Gasteiger partial charge on any atom is 0.317 e. The minimum absolute atomic E-state index is 0.00222. The van der Waals surface area contributed by atoms with Crippen molar-refractivity contribution in [3.05, 3.63) is 35.4 Å². The van der Waals surface area contributed by atoms with Gasteiger partial charge in [0.2, 0.25) is 11.8 Å². The number of hydrazine groups is 1. The van der Waals surface area contributed by atoms with Crippen LogP contribution in [0.2, 0.25) is 0 Å². The summed E-state index contributed by atoms with van der Waals surface area (Å²) < 4.78 is 0. The third-order valence-corrected chi connectivity index (χ3v) is 7.64. The second kappa shape index (κ2) is 20.9. The summed E-state index contributed by atoms with van der Waals surface area (Å²) in [5, 5.41) is 30.9. The van der Waals surface area contributed by atoms with Gasteiger partial charge in [0, 0.05) is 58.9 Å². The molecule has 1 aliphatic rings. The van der Waals surface area contributed by atoms with Gasteiger partial charge in [0.1, 0.15) is 0 Å². The lowest BCUT2D eigenvalue weighted by atomic mass is 10.0. The molecule has 3 amide bonds. The fraction of sp³-hybridized carbons (Fsp3) is 0.613. The van der Waals surface area contributed by atoms with Crippen molar-refractivity contribution in [1.29, 1.82) is 0 Å². The molecule has 268 valence electrons. The van der Waals surface area contributed by atoms with E-state index >= 15 is 0 Å². The Balaban J connectivity index is 1.94. The second-order valence-corrected chi connectivity index (χ2v) is 12.3. The Morgan fingerprint density at radius 3 is 1.44 bits per heavy atom. The Labute approximate surface area is 280 Å². The number of nitrogens with zero attached hydrogens (tertiary/aromatic N) is 4. The van der Waals surface area contributed by atoms with E-state index in [1.165, 1.54) is 0 Å². The normalized spacial score (nSPS) is 16.7. The molecule has 1 aromatic rings. The number of nitrogens with one attached hydrogen (secondary N) is 3. The van der Waals surface area contributed by atoms with Crippen LogP contribution in [0.4, 0.5) is 0 Å². The van der Waals surface area contributed by atoms with Crippen molar-refractivity contribution in [2.75, 3.05) is 78.5 Å². The van der Waals surface area contributed by atoms with Crippen molar-refractivity contribution < 1.29 is 44.1 Å². The van der Waals surface area contributed by atoms with Gasteiger partial charge in [0.15, 0.2) is 0 Å².